The average Bonchev–Trinajstić information content (AvgIpc) is 3.31. The minimum Gasteiger partial charge on any atom is -0.364 e. The number of aromatic nitrogens is 4. The van der Waals surface area contributed by atoms with Gasteiger partial charge in [-0.25, -0.2) is 14.3 Å². The van der Waals surface area contributed by atoms with Crippen LogP contribution in [0.5, 0.6) is 0 Å². The lowest BCUT2D eigenvalue weighted by molar-refractivity contribution is 0.222. The van der Waals surface area contributed by atoms with Crippen molar-refractivity contribution in [3.8, 4) is 0 Å². The number of rotatable bonds is 3. The summed E-state index contributed by atoms with van der Waals surface area (Å²) >= 11 is 0. The molecule has 0 radical (unpaired) electrons. The van der Waals surface area contributed by atoms with E-state index in [0.29, 0.717) is 18.8 Å². The summed E-state index contributed by atoms with van der Waals surface area (Å²) in [5, 5.41) is 10.6. The van der Waals surface area contributed by atoms with Crippen LogP contribution in [0, 0.1) is 6.92 Å². The number of nitrogens with one attached hydrogen (secondary N) is 2. The van der Waals surface area contributed by atoms with Gasteiger partial charge in [-0.05, 0) is 37.1 Å². The predicted molar refractivity (Wildman–Crippen MR) is 102 cm³/mol. The summed E-state index contributed by atoms with van der Waals surface area (Å²) in [5.74, 6) is 0.737. The number of urea groups is 1. The van der Waals surface area contributed by atoms with E-state index in [2.05, 4.69) is 20.7 Å². The maximum absolute atomic E-state index is 12.6. The molecule has 3 aromatic heterocycles. The van der Waals surface area contributed by atoms with Gasteiger partial charge in [-0.2, -0.15) is 0 Å². The van der Waals surface area contributed by atoms with Crippen LogP contribution in [0.4, 0.5) is 16.3 Å². The fourth-order valence-corrected chi connectivity index (χ4v) is 3.22. The lowest BCUT2D eigenvalue weighted by atomic mass is 10.2. The van der Waals surface area contributed by atoms with E-state index in [9.17, 15) is 9.59 Å². The lowest BCUT2D eigenvalue weighted by Gasteiger charge is -2.19. The number of carbonyl (C=O) groups is 1. The lowest BCUT2D eigenvalue weighted by Crippen LogP contribution is -2.37. The SMILES string of the molecule is Cc1ccn(C)c(=O)c1NC(=O)N1CCC(Nc2ccc3nccn3n2)C1. The van der Waals surface area contributed by atoms with E-state index in [-0.39, 0.29) is 17.6 Å². The summed E-state index contributed by atoms with van der Waals surface area (Å²) in [7, 11) is 1.66. The van der Waals surface area contributed by atoms with Gasteiger partial charge in [-0.1, -0.05) is 0 Å². The maximum atomic E-state index is 12.6. The topological polar surface area (TPSA) is 96.6 Å². The smallest absolute Gasteiger partial charge is 0.322 e. The van der Waals surface area contributed by atoms with Gasteiger partial charge >= 0.3 is 6.03 Å². The number of pyridine rings is 1. The molecule has 2 amide bonds. The first-order valence-electron chi connectivity index (χ1n) is 8.80. The number of imidazole rings is 1. The molecule has 0 saturated carbocycles. The van der Waals surface area contributed by atoms with Gasteiger partial charge in [-0.3, -0.25) is 4.79 Å². The molecule has 1 aliphatic rings. The standard InChI is InChI=1S/C18H21N7O2/c1-12-5-8-23(2)17(26)16(12)21-18(27)24-9-6-13(11-24)20-14-3-4-15-19-7-10-25(15)22-14/h3-5,7-8,10,13H,6,9,11H2,1-2H3,(H,20,22)(H,21,27). The molecule has 0 aliphatic carbocycles. The van der Waals surface area contributed by atoms with Gasteiger partial charge in [0.1, 0.15) is 11.5 Å². The van der Waals surface area contributed by atoms with Crippen molar-refractivity contribution >= 4 is 23.2 Å². The van der Waals surface area contributed by atoms with Crippen molar-refractivity contribution in [1.82, 2.24) is 24.1 Å². The molecule has 0 aromatic carbocycles. The Morgan fingerprint density at radius 3 is 2.96 bits per heavy atom. The monoisotopic (exact) mass is 367 g/mol. The Kier molecular flexibility index (Phi) is 4.27. The Bertz CT molecular complexity index is 1060. The average molecular weight is 367 g/mol. The molecule has 140 valence electrons. The maximum Gasteiger partial charge on any atom is 0.322 e. The minimum atomic E-state index is -0.260. The number of aryl methyl sites for hydroxylation is 2. The largest absolute Gasteiger partial charge is 0.364 e. The second kappa shape index (κ2) is 6.75. The predicted octanol–water partition coefficient (Wildman–Crippen LogP) is 1.45. The Labute approximate surface area is 155 Å². The highest BCUT2D eigenvalue weighted by Crippen LogP contribution is 2.17. The first-order chi connectivity index (χ1) is 13.0. The molecule has 4 heterocycles. The zero-order chi connectivity index (χ0) is 19.0. The Morgan fingerprint density at radius 2 is 2.11 bits per heavy atom. The van der Waals surface area contributed by atoms with E-state index in [0.717, 1.165) is 23.4 Å². The zero-order valence-corrected chi connectivity index (χ0v) is 15.2. The Morgan fingerprint density at radius 1 is 1.26 bits per heavy atom. The van der Waals surface area contributed by atoms with Gasteiger partial charge in [0.2, 0.25) is 0 Å². The second-order valence-electron chi connectivity index (χ2n) is 6.74. The van der Waals surface area contributed by atoms with Gasteiger partial charge in [0, 0.05) is 44.8 Å². The molecular weight excluding hydrogens is 346 g/mol. The first kappa shape index (κ1) is 17.1. The number of hydrogen-bond acceptors (Lipinski definition) is 5. The Hall–Kier alpha value is -3.36. The van der Waals surface area contributed by atoms with Crippen molar-refractivity contribution in [2.75, 3.05) is 23.7 Å². The number of likely N-dealkylation sites (tertiary alicyclic amines) is 1. The summed E-state index contributed by atoms with van der Waals surface area (Å²) < 4.78 is 3.16. The number of anilines is 2. The van der Waals surface area contributed by atoms with E-state index in [1.165, 1.54) is 4.57 Å². The molecule has 27 heavy (non-hydrogen) atoms. The first-order valence-corrected chi connectivity index (χ1v) is 8.80. The highest BCUT2D eigenvalue weighted by atomic mass is 16.2. The Balaban J connectivity index is 1.41. The minimum absolute atomic E-state index is 0.101. The van der Waals surface area contributed by atoms with Crippen molar-refractivity contribution in [2.24, 2.45) is 7.05 Å². The van der Waals surface area contributed by atoms with Gasteiger partial charge in [0.05, 0.1) is 0 Å². The number of fused-ring (bicyclic) bond motifs is 1. The van der Waals surface area contributed by atoms with Gasteiger partial charge < -0.3 is 20.1 Å². The van der Waals surface area contributed by atoms with Crippen LogP contribution < -0.4 is 16.2 Å². The van der Waals surface area contributed by atoms with Crippen LogP contribution in [0.25, 0.3) is 5.65 Å². The highest BCUT2D eigenvalue weighted by Gasteiger charge is 2.27. The van der Waals surface area contributed by atoms with Gasteiger partial charge in [-0.15, -0.1) is 5.10 Å². The van der Waals surface area contributed by atoms with E-state index < -0.39 is 0 Å². The number of hydrogen-bond donors (Lipinski definition) is 2. The van der Waals surface area contributed by atoms with Crippen LogP contribution in [0.3, 0.4) is 0 Å². The van der Waals surface area contributed by atoms with Crippen LogP contribution in [0.15, 0.2) is 41.6 Å². The normalized spacial score (nSPS) is 16.7. The number of carbonyl (C=O) groups excluding carboxylic acids is 1. The van der Waals surface area contributed by atoms with Crippen LogP contribution >= 0.6 is 0 Å². The van der Waals surface area contributed by atoms with Crippen molar-refractivity contribution in [2.45, 2.75) is 19.4 Å². The third kappa shape index (κ3) is 3.35. The third-order valence-electron chi connectivity index (χ3n) is 4.79. The van der Waals surface area contributed by atoms with Crippen molar-refractivity contribution in [3.05, 3.63) is 52.7 Å². The van der Waals surface area contributed by atoms with Crippen molar-refractivity contribution < 1.29 is 4.79 Å². The summed E-state index contributed by atoms with van der Waals surface area (Å²) in [5.41, 5.74) is 1.65. The molecule has 2 N–H and O–H groups in total. The molecule has 1 aliphatic heterocycles. The van der Waals surface area contributed by atoms with E-state index in [1.807, 2.05) is 25.1 Å². The van der Waals surface area contributed by atoms with Crippen LogP contribution in [-0.2, 0) is 7.05 Å². The summed E-state index contributed by atoms with van der Waals surface area (Å²) in [4.78, 5) is 30.7. The van der Waals surface area contributed by atoms with Gasteiger partial charge in [0.15, 0.2) is 5.65 Å². The fourth-order valence-electron chi connectivity index (χ4n) is 3.22. The molecule has 1 unspecified atom stereocenters. The quantitative estimate of drug-likeness (QED) is 0.730. The molecule has 9 heteroatoms. The third-order valence-corrected chi connectivity index (χ3v) is 4.79. The molecule has 1 atom stereocenters. The highest BCUT2D eigenvalue weighted by molar-refractivity contribution is 5.90. The van der Waals surface area contributed by atoms with Crippen LogP contribution in [0.1, 0.15) is 12.0 Å². The molecule has 1 saturated heterocycles. The van der Waals surface area contributed by atoms with E-state index in [1.54, 1.807) is 35.1 Å². The molecule has 0 bridgehead atoms. The van der Waals surface area contributed by atoms with Crippen molar-refractivity contribution in [3.63, 3.8) is 0 Å². The van der Waals surface area contributed by atoms with Crippen molar-refractivity contribution in [1.29, 1.82) is 0 Å². The molecule has 4 rings (SSSR count). The fraction of sp³-hybridized carbons (Fsp3) is 0.333. The molecule has 0 spiro atoms. The molecular formula is C18H21N7O2. The zero-order valence-electron chi connectivity index (χ0n) is 15.2. The molecule has 3 aromatic rings. The van der Waals surface area contributed by atoms with Gasteiger partial charge in [0.25, 0.3) is 5.56 Å². The van der Waals surface area contributed by atoms with Crippen LogP contribution in [0.2, 0.25) is 0 Å². The molecule has 9 nitrogen and oxygen atoms in total. The summed E-state index contributed by atoms with van der Waals surface area (Å²) in [6.07, 6.45) is 5.98. The number of nitrogens with zero attached hydrogens (tertiary/aromatic N) is 5. The number of amides is 2. The van der Waals surface area contributed by atoms with E-state index in [4.69, 9.17) is 0 Å². The van der Waals surface area contributed by atoms with Crippen LogP contribution in [-0.4, -0.2) is 49.2 Å². The summed E-state index contributed by atoms with van der Waals surface area (Å²) in [6, 6.07) is 5.42. The molecule has 1 fully saturated rings. The summed E-state index contributed by atoms with van der Waals surface area (Å²) in [6.45, 7) is 2.97. The van der Waals surface area contributed by atoms with E-state index >= 15 is 0 Å². The second-order valence-corrected chi connectivity index (χ2v) is 6.74.